The van der Waals surface area contributed by atoms with E-state index >= 15 is 0 Å². The number of aliphatic hydroxyl groups excluding tert-OH is 1. The van der Waals surface area contributed by atoms with E-state index in [1.54, 1.807) is 12.3 Å². The number of aromatic nitrogens is 2. The average molecular weight is 237 g/mol. The predicted molar refractivity (Wildman–Crippen MR) is 63.3 cm³/mol. The lowest BCUT2D eigenvalue weighted by molar-refractivity contribution is -0.120. The molecule has 1 aliphatic carbocycles. The monoisotopic (exact) mass is 237 g/mol. The number of carbonyl (C=O) groups is 1. The quantitative estimate of drug-likeness (QED) is 0.718. The molecule has 0 saturated heterocycles. The van der Waals surface area contributed by atoms with Gasteiger partial charge in [-0.2, -0.15) is 5.10 Å². The van der Waals surface area contributed by atoms with E-state index in [-0.39, 0.29) is 12.0 Å². The molecule has 1 saturated carbocycles. The van der Waals surface area contributed by atoms with Gasteiger partial charge in [-0.05, 0) is 31.2 Å². The summed E-state index contributed by atoms with van der Waals surface area (Å²) in [7, 11) is 0. The second-order valence-corrected chi connectivity index (χ2v) is 4.75. The lowest BCUT2D eigenvalue weighted by Gasteiger charge is -2.25. The first kappa shape index (κ1) is 12.1. The van der Waals surface area contributed by atoms with Gasteiger partial charge in [-0.15, -0.1) is 0 Å². The van der Waals surface area contributed by atoms with Crippen molar-refractivity contribution in [3.63, 3.8) is 0 Å². The largest absolute Gasteiger partial charge is 0.393 e. The second-order valence-electron chi connectivity index (χ2n) is 4.75. The molecular weight excluding hydrogens is 218 g/mol. The molecule has 1 heterocycles. The van der Waals surface area contributed by atoms with Crippen molar-refractivity contribution in [2.75, 3.05) is 6.54 Å². The van der Waals surface area contributed by atoms with E-state index in [9.17, 15) is 9.90 Å². The molecule has 5 nitrogen and oxygen atoms in total. The van der Waals surface area contributed by atoms with Crippen molar-refractivity contribution in [3.8, 4) is 0 Å². The van der Waals surface area contributed by atoms with Gasteiger partial charge in [0.2, 0.25) is 5.91 Å². The van der Waals surface area contributed by atoms with Gasteiger partial charge in [0.1, 0.15) is 0 Å². The van der Waals surface area contributed by atoms with Crippen molar-refractivity contribution in [2.45, 2.75) is 38.2 Å². The van der Waals surface area contributed by atoms with E-state index in [0.29, 0.717) is 18.9 Å². The minimum absolute atomic E-state index is 0.00862. The second kappa shape index (κ2) is 5.82. The van der Waals surface area contributed by atoms with Crippen LogP contribution in [0.25, 0.3) is 0 Å². The molecule has 94 valence electrons. The highest BCUT2D eigenvalue weighted by Gasteiger charge is 2.20. The van der Waals surface area contributed by atoms with E-state index in [4.69, 9.17) is 0 Å². The normalized spacial score (nSPS) is 24.5. The van der Waals surface area contributed by atoms with Crippen molar-refractivity contribution in [3.05, 3.63) is 18.0 Å². The summed E-state index contributed by atoms with van der Waals surface area (Å²) in [5, 5.41) is 19.0. The van der Waals surface area contributed by atoms with Gasteiger partial charge in [-0.25, -0.2) is 0 Å². The number of hydrogen-bond donors (Lipinski definition) is 3. The first-order chi connectivity index (χ1) is 8.24. The zero-order valence-corrected chi connectivity index (χ0v) is 9.85. The van der Waals surface area contributed by atoms with Crippen molar-refractivity contribution in [2.24, 2.45) is 5.92 Å². The van der Waals surface area contributed by atoms with Crippen LogP contribution in [-0.2, 0) is 11.2 Å². The molecule has 2 rings (SSSR count). The van der Waals surface area contributed by atoms with Crippen LogP contribution in [0, 0.1) is 5.92 Å². The minimum atomic E-state index is -0.182. The number of rotatable bonds is 4. The van der Waals surface area contributed by atoms with Crippen molar-refractivity contribution in [1.82, 2.24) is 15.5 Å². The van der Waals surface area contributed by atoms with Crippen LogP contribution in [0.3, 0.4) is 0 Å². The molecule has 0 spiro atoms. The number of amides is 1. The third-order valence-corrected chi connectivity index (χ3v) is 3.25. The van der Waals surface area contributed by atoms with Crippen LogP contribution in [0.5, 0.6) is 0 Å². The number of nitrogens with zero attached hydrogens (tertiary/aromatic N) is 1. The van der Waals surface area contributed by atoms with Gasteiger partial charge >= 0.3 is 0 Å². The molecule has 2 unspecified atom stereocenters. The topological polar surface area (TPSA) is 78.0 Å². The fourth-order valence-corrected chi connectivity index (χ4v) is 2.32. The average Bonchev–Trinajstić information content (AvgIpc) is 2.79. The Kier molecular flexibility index (Phi) is 4.14. The number of aromatic amines is 1. The molecule has 1 aromatic heterocycles. The molecule has 3 N–H and O–H groups in total. The third-order valence-electron chi connectivity index (χ3n) is 3.25. The Labute approximate surface area is 101 Å². The zero-order chi connectivity index (χ0) is 12.1. The van der Waals surface area contributed by atoms with Crippen LogP contribution in [0.1, 0.15) is 31.4 Å². The summed E-state index contributed by atoms with van der Waals surface area (Å²) in [4.78, 5) is 11.6. The highest BCUT2D eigenvalue weighted by atomic mass is 16.3. The Hall–Kier alpha value is -1.36. The number of carbonyl (C=O) groups excluding carboxylic acids is 1. The molecule has 0 aliphatic heterocycles. The summed E-state index contributed by atoms with van der Waals surface area (Å²) in [6.45, 7) is 0.671. The van der Waals surface area contributed by atoms with Crippen molar-refractivity contribution in [1.29, 1.82) is 0 Å². The summed E-state index contributed by atoms with van der Waals surface area (Å²) in [6.07, 6.45) is 5.67. The van der Waals surface area contributed by atoms with Gasteiger partial charge in [-0.3, -0.25) is 9.89 Å². The molecular formula is C12H19N3O2. The molecule has 1 aromatic rings. The maximum atomic E-state index is 11.6. The summed E-state index contributed by atoms with van der Waals surface area (Å²) >= 11 is 0. The summed E-state index contributed by atoms with van der Waals surface area (Å²) < 4.78 is 0. The highest BCUT2D eigenvalue weighted by molar-refractivity contribution is 5.78. The van der Waals surface area contributed by atoms with Crippen molar-refractivity contribution >= 4 is 5.91 Å². The van der Waals surface area contributed by atoms with Gasteiger partial charge in [0.05, 0.1) is 12.5 Å². The van der Waals surface area contributed by atoms with Gasteiger partial charge in [-0.1, -0.05) is 6.42 Å². The smallest absolute Gasteiger partial charge is 0.226 e. The number of hydrogen-bond acceptors (Lipinski definition) is 3. The minimum Gasteiger partial charge on any atom is -0.393 e. The standard InChI is InChI=1S/C12H19N3O2/c16-11-3-1-2-9(6-11)8-13-12(17)7-10-4-5-14-15-10/h4-5,9,11,16H,1-3,6-8H2,(H,13,17)(H,14,15). The van der Waals surface area contributed by atoms with Crippen LogP contribution in [0.2, 0.25) is 0 Å². The number of nitrogens with one attached hydrogen (secondary N) is 2. The van der Waals surface area contributed by atoms with Crippen LogP contribution in [0.4, 0.5) is 0 Å². The molecule has 0 radical (unpaired) electrons. The molecule has 5 heteroatoms. The zero-order valence-electron chi connectivity index (χ0n) is 9.85. The summed E-state index contributed by atoms with van der Waals surface area (Å²) in [6, 6.07) is 1.80. The fraction of sp³-hybridized carbons (Fsp3) is 0.667. The van der Waals surface area contributed by atoms with Gasteiger partial charge in [0.25, 0.3) is 0 Å². The van der Waals surface area contributed by atoms with E-state index in [1.165, 1.54) is 0 Å². The van der Waals surface area contributed by atoms with E-state index in [2.05, 4.69) is 15.5 Å². The molecule has 17 heavy (non-hydrogen) atoms. The lowest BCUT2D eigenvalue weighted by Crippen LogP contribution is -2.33. The summed E-state index contributed by atoms with van der Waals surface area (Å²) in [5.41, 5.74) is 0.825. The van der Waals surface area contributed by atoms with E-state index < -0.39 is 0 Å². The maximum Gasteiger partial charge on any atom is 0.226 e. The van der Waals surface area contributed by atoms with Gasteiger partial charge < -0.3 is 10.4 Å². The van der Waals surface area contributed by atoms with E-state index in [1.807, 2.05) is 0 Å². The summed E-state index contributed by atoms with van der Waals surface area (Å²) in [5.74, 6) is 0.429. The first-order valence-electron chi connectivity index (χ1n) is 6.17. The Bertz CT molecular complexity index is 351. The highest BCUT2D eigenvalue weighted by Crippen LogP contribution is 2.23. The Morgan fingerprint density at radius 1 is 1.59 bits per heavy atom. The third kappa shape index (κ3) is 3.85. The molecule has 1 amide bonds. The van der Waals surface area contributed by atoms with Crippen LogP contribution >= 0.6 is 0 Å². The van der Waals surface area contributed by atoms with Crippen LogP contribution in [0.15, 0.2) is 12.3 Å². The molecule has 2 atom stereocenters. The molecule has 1 aliphatic rings. The van der Waals surface area contributed by atoms with E-state index in [0.717, 1.165) is 31.4 Å². The van der Waals surface area contributed by atoms with Crippen LogP contribution in [-0.4, -0.2) is 33.9 Å². The Morgan fingerprint density at radius 2 is 2.47 bits per heavy atom. The van der Waals surface area contributed by atoms with Crippen molar-refractivity contribution < 1.29 is 9.90 Å². The molecule has 0 aromatic carbocycles. The first-order valence-corrected chi connectivity index (χ1v) is 6.17. The fourth-order valence-electron chi connectivity index (χ4n) is 2.32. The number of aliphatic hydroxyl groups is 1. The Morgan fingerprint density at radius 3 is 3.18 bits per heavy atom. The lowest BCUT2D eigenvalue weighted by atomic mass is 9.87. The Balaban J connectivity index is 1.69. The molecule has 1 fully saturated rings. The van der Waals surface area contributed by atoms with Gasteiger partial charge in [0, 0.05) is 18.4 Å². The SMILES string of the molecule is O=C(Cc1ccn[nH]1)NCC1CCCC(O)C1. The molecule has 0 bridgehead atoms. The van der Waals surface area contributed by atoms with Crippen LogP contribution < -0.4 is 5.32 Å². The predicted octanol–water partition coefficient (Wildman–Crippen LogP) is 0.619. The van der Waals surface area contributed by atoms with Gasteiger partial charge in [0.15, 0.2) is 0 Å². The maximum absolute atomic E-state index is 11.6. The number of H-pyrrole nitrogens is 1.